The average molecular weight is 309 g/mol. The molecule has 1 aromatic heterocycles. The number of H-pyrrole nitrogens is 1. The Bertz CT molecular complexity index is 695. The summed E-state index contributed by atoms with van der Waals surface area (Å²) in [6.07, 6.45) is 1.48. The van der Waals surface area contributed by atoms with Crippen LogP contribution in [0.2, 0.25) is 0 Å². The molecule has 0 amide bonds. The molecule has 0 aliphatic rings. The van der Waals surface area contributed by atoms with Crippen LogP contribution < -0.4 is 14.8 Å². The summed E-state index contributed by atoms with van der Waals surface area (Å²) < 4.78 is 32.2. The molecule has 0 fully saturated rings. The fourth-order valence-corrected chi connectivity index (χ4v) is 2.90. The van der Waals surface area contributed by atoms with Crippen molar-refractivity contribution in [2.24, 2.45) is 0 Å². The van der Waals surface area contributed by atoms with Gasteiger partial charge in [-0.1, -0.05) is 13.0 Å². The molecule has 1 aromatic carbocycles. The molecule has 0 aliphatic carbocycles. The maximum atomic E-state index is 12.3. The van der Waals surface area contributed by atoms with Crippen molar-refractivity contribution in [3.05, 3.63) is 42.2 Å². The number of hydrogen-bond acceptors (Lipinski definition) is 4. The molecule has 0 bridgehead atoms. The number of aromatic nitrogens is 1. The zero-order chi connectivity index (χ0) is 15.3. The first-order valence-electron chi connectivity index (χ1n) is 6.60. The molecule has 0 saturated carbocycles. The van der Waals surface area contributed by atoms with Gasteiger partial charge in [-0.05, 0) is 24.7 Å². The normalized spacial score (nSPS) is 11.3. The molecule has 3 N–H and O–H groups in total. The molecule has 2 aromatic rings. The first-order chi connectivity index (χ1) is 10.0. The van der Waals surface area contributed by atoms with Gasteiger partial charge >= 0.3 is 0 Å². The van der Waals surface area contributed by atoms with E-state index in [1.807, 2.05) is 6.92 Å². The highest BCUT2D eigenvalue weighted by Gasteiger charge is 2.16. The van der Waals surface area contributed by atoms with Crippen LogP contribution in [0.25, 0.3) is 0 Å². The lowest BCUT2D eigenvalue weighted by molar-refractivity contribution is 0.415. The summed E-state index contributed by atoms with van der Waals surface area (Å²) in [5.41, 5.74) is 1.28. The lowest BCUT2D eigenvalue weighted by Crippen LogP contribution is -2.13. The molecule has 0 atom stereocenters. The molecule has 0 aliphatic heterocycles. The van der Waals surface area contributed by atoms with E-state index < -0.39 is 10.0 Å². The molecule has 6 nitrogen and oxygen atoms in total. The third-order valence-corrected chi connectivity index (χ3v) is 4.27. The van der Waals surface area contributed by atoms with Crippen LogP contribution in [-0.4, -0.2) is 27.1 Å². The van der Waals surface area contributed by atoms with Crippen molar-refractivity contribution in [3.8, 4) is 5.75 Å². The van der Waals surface area contributed by atoms with Crippen LogP contribution in [0, 0.1) is 0 Å². The Kier molecular flexibility index (Phi) is 4.87. The van der Waals surface area contributed by atoms with Crippen molar-refractivity contribution in [2.75, 3.05) is 18.4 Å². The first kappa shape index (κ1) is 15.4. The second-order valence-corrected chi connectivity index (χ2v) is 6.16. The largest absolute Gasteiger partial charge is 0.497 e. The summed E-state index contributed by atoms with van der Waals surface area (Å²) >= 11 is 0. The molecular weight excluding hydrogens is 290 g/mol. The standard InChI is InChI=1S/C14H19N3O3S/c1-3-15-9-12-8-14(10-16-12)21(18,19)17-11-5-4-6-13(7-11)20-2/h4-8,10,15-17H,3,9H2,1-2H3. The topological polar surface area (TPSA) is 83.2 Å². The zero-order valence-corrected chi connectivity index (χ0v) is 12.8. The van der Waals surface area contributed by atoms with Gasteiger partial charge in [0.1, 0.15) is 10.6 Å². The van der Waals surface area contributed by atoms with E-state index in [1.165, 1.54) is 13.3 Å². The van der Waals surface area contributed by atoms with Crippen molar-refractivity contribution >= 4 is 15.7 Å². The number of hydrogen-bond donors (Lipinski definition) is 3. The van der Waals surface area contributed by atoms with Crippen molar-refractivity contribution in [1.82, 2.24) is 10.3 Å². The fraction of sp³-hybridized carbons (Fsp3) is 0.286. The Morgan fingerprint density at radius 2 is 2.10 bits per heavy atom. The number of sulfonamides is 1. The smallest absolute Gasteiger partial charge is 0.263 e. The van der Waals surface area contributed by atoms with E-state index in [4.69, 9.17) is 4.74 Å². The molecule has 1 heterocycles. The van der Waals surface area contributed by atoms with Crippen molar-refractivity contribution in [3.63, 3.8) is 0 Å². The second-order valence-electron chi connectivity index (χ2n) is 4.48. The lowest BCUT2D eigenvalue weighted by atomic mass is 10.3. The Balaban J connectivity index is 2.15. The first-order valence-corrected chi connectivity index (χ1v) is 8.08. The number of benzene rings is 1. The Hall–Kier alpha value is -1.99. The summed E-state index contributed by atoms with van der Waals surface area (Å²) in [6, 6.07) is 8.40. The van der Waals surface area contributed by atoms with Gasteiger partial charge in [0.05, 0.1) is 12.8 Å². The van der Waals surface area contributed by atoms with Crippen LogP contribution >= 0.6 is 0 Å². The van der Waals surface area contributed by atoms with Gasteiger partial charge in [-0.25, -0.2) is 8.42 Å². The van der Waals surface area contributed by atoms with Crippen molar-refractivity contribution < 1.29 is 13.2 Å². The Morgan fingerprint density at radius 1 is 1.29 bits per heavy atom. The second kappa shape index (κ2) is 6.64. The molecule has 114 valence electrons. The summed E-state index contributed by atoms with van der Waals surface area (Å²) in [4.78, 5) is 3.16. The van der Waals surface area contributed by atoms with E-state index in [9.17, 15) is 8.42 Å². The average Bonchev–Trinajstić information content (AvgIpc) is 2.94. The quantitative estimate of drug-likeness (QED) is 0.730. The SMILES string of the molecule is CCNCc1cc(S(=O)(=O)Nc2cccc(OC)c2)c[nH]1. The number of aromatic amines is 1. The van der Waals surface area contributed by atoms with Gasteiger partial charge in [-0.2, -0.15) is 0 Å². The van der Waals surface area contributed by atoms with Gasteiger partial charge in [0.15, 0.2) is 0 Å². The number of methoxy groups -OCH3 is 1. The van der Waals surface area contributed by atoms with Crippen LogP contribution in [0.5, 0.6) is 5.75 Å². The van der Waals surface area contributed by atoms with Crippen molar-refractivity contribution in [2.45, 2.75) is 18.4 Å². The minimum Gasteiger partial charge on any atom is -0.497 e. The van der Waals surface area contributed by atoms with Gasteiger partial charge < -0.3 is 15.0 Å². The third-order valence-electron chi connectivity index (χ3n) is 2.91. The molecule has 0 radical (unpaired) electrons. The van der Waals surface area contributed by atoms with E-state index in [0.717, 1.165) is 12.2 Å². The van der Waals surface area contributed by atoms with E-state index in [-0.39, 0.29) is 4.90 Å². The summed E-state index contributed by atoms with van der Waals surface area (Å²) in [6.45, 7) is 3.42. The lowest BCUT2D eigenvalue weighted by Gasteiger charge is -2.07. The molecule has 0 unspecified atom stereocenters. The minimum atomic E-state index is -3.61. The number of anilines is 1. The van der Waals surface area contributed by atoms with Crippen LogP contribution in [0.3, 0.4) is 0 Å². The summed E-state index contributed by atoms with van der Waals surface area (Å²) in [5.74, 6) is 0.595. The van der Waals surface area contributed by atoms with Gasteiger partial charge in [0, 0.05) is 24.5 Å². The predicted octanol–water partition coefficient (Wildman–Crippen LogP) is 1.93. The zero-order valence-electron chi connectivity index (χ0n) is 12.0. The Labute approximate surface area is 124 Å². The highest BCUT2D eigenvalue weighted by atomic mass is 32.2. The van der Waals surface area contributed by atoms with E-state index in [1.54, 1.807) is 30.3 Å². The molecule has 0 spiro atoms. The predicted molar refractivity (Wildman–Crippen MR) is 82.0 cm³/mol. The number of ether oxygens (including phenoxy) is 1. The van der Waals surface area contributed by atoms with Crippen LogP contribution in [-0.2, 0) is 16.6 Å². The van der Waals surface area contributed by atoms with E-state index in [2.05, 4.69) is 15.0 Å². The summed E-state index contributed by atoms with van der Waals surface area (Å²) in [5, 5.41) is 3.13. The maximum Gasteiger partial charge on any atom is 0.263 e. The van der Waals surface area contributed by atoms with Gasteiger partial charge in [0.25, 0.3) is 10.0 Å². The van der Waals surface area contributed by atoms with Gasteiger partial charge in [-0.3, -0.25) is 4.72 Å². The maximum absolute atomic E-state index is 12.3. The van der Waals surface area contributed by atoms with Gasteiger partial charge in [0.2, 0.25) is 0 Å². The van der Waals surface area contributed by atoms with Crippen LogP contribution in [0.1, 0.15) is 12.6 Å². The number of rotatable bonds is 7. The third kappa shape index (κ3) is 3.99. The Morgan fingerprint density at radius 3 is 2.81 bits per heavy atom. The molecule has 7 heteroatoms. The van der Waals surface area contributed by atoms with Crippen LogP contribution in [0.4, 0.5) is 5.69 Å². The molecule has 2 rings (SSSR count). The minimum absolute atomic E-state index is 0.207. The highest BCUT2D eigenvalue weighted by molar-refractivity contribution is 7.92. The van der Waals surface area contributed by atoms with Gasteiger partial charge in [-0.15, -0.1) is 0 Å². The van der Waals surface area contributed by atoms with Crippen LogP contribution in [0.15, 0.2) is 41.4 Å². The van der Waals surface area contributed by atoms with E-state index >= 15 is 0 Å². The molecular formula is C14H19N3O3S. The summed E-state index contributed by atoms with van der Waals surface area (Å²) in [7, 11) is -2.07. The fourth-order valence-electron chi connectivity index (χ4n) is 1.84. The molecule has 0 saturated heterocycles. The van der Waals surface area contributed by atoms with Crippen molar-refractivity contribution in [1.29, 1.82) is 0 Å². The highest BCUT2D eigenvalue weighted by Crippen LogP contribution is 2.21. The molecule has 21 heavy (non-hydrogen) atoms. The number of nitrogens with one attached hydrogen (secondary N) is 3. The van der Waals surface area contributed by atoms with E-state index in [0.29, 0.717) is 18.0 Å². The monoisotopic (exact) mass is 309 g/mol.